The van der Waals surface area contributed by atoms with Crippen molar-refractivity contribution >= 4 is 45.0 Å². The van der Waals surface area contributed by atoms with Crippen molar-refractivity contribution in [2.45, 2.75) is 37.1 Å². The van der Waals surface area contributed by atoms with Crippen LogP contribution in [0.5, 0.6) is 0 Å². The molecule has 21 heavy (non-hydrogen) atoms. The number of nitrogens with zero attached hydrogens (tertiary/aromatic N) is 1. The largest absolute Gasteiger partial charge is 0.243 e. The molecule has 1 rings (SSSR count). The Balaban J connectivity index is 3.33. The molecule has 0 saturated carbocycles. The SMILES string of the molecule is CCC(CSC)N(C)S(=O)(=O)c1cc(Cl)cc(CCl)c1C. The second-order valence-electron chi connectivity index (χ2n) is 4.86. The molecule has 3 nitrogen and oxygen atoms in total. The van der Waals surface area contributed by atoms with Gasteiger partial charge in [-0.05, 0) is 42.9 Å². The molecule has 7 heteroatoms. The number of halogens is 2. The normalized spacial score (nSPS) is 13.7. The number of sulfonamides is 1. The molecule has 0 aliphatic carbocycles. The third-order valence-electron chi connectivity index (χ3n) is 3.58. The minimum atomic E-state index is -3.58. The minimum absolute atomic E-state index is 0.0390. The van der Waals surface area contributed by atoms with Gasteiger partial charge in [-0.2, -0.15) is 16.1 Å². The Bertz CT molecular complexity index is 591. The number of benzene rings is 1. The van der Waals surface area contributed by atoms with Gasteiger partial charge in [0.2, 0.25) is 10.0 Å². The first kappa shape index (κ1) is 19.1. The van der Waals surface area contributed by atoms with E-state index < -0.39 is 10.0 Å². The van der Waals surface area contributed by atoms with Gasteiger partial charge in [-0.25, -0.2) is 8.42 Å². The van der Waals surface area contributed by atoms with E-state index in [1.165, 1.54) is 10.4 Å². The van der Waals surface area contributed by atoms with Gasteiger partial charge in [0, 0.05) is 29.7 Å². The molecule has 0 N–H and O–H groups in total. The summed E-state index contributed by atoms with van der Waals surface area (Å²) in [4.78, 5) is 0.243. The van der Waals surface area contributed by atoms with Gasteiger partial charge < -0.3 is 0 Å². The van der Waals surface area contributed by atoms with Crippen LogP contribution in [0.3, 0.4) is 0 Å². The Kier molecular flexibility index (Phi) is 7.34. The predicted octanol–water partition coefficient (Wildman–Crippen LogP) is 4.15. The van der Waals surface area contributed by atoms with Gasteiger partial charge >= 0.3 is 0 Å². The Labute approximate surface area is 142 Å². The van der Waals surface area contributed by atoms with E-state index in [1.54, 1.807) is 31.8 Å². The summed E-state index contributed by atoms with van der Waals surface area (Å²) in [6.07, 6.45) is 2.73. The average Bonchev–Trinajstić information content (AvgIpc) is 2.45. The van der Waals surface area contributed by atoms with Crippen LogP contribution in [0.4, 0.5) is 0 Å². The summed E-state index contributed by atoms with van der Waals surface area (Å²) >= 11 is 13.6. The standard InChI is InChI=1S/C14H21Cl2NO2S2/c1-5-13(9-20-4)17(3)21(18,19)14-7-12(16)6-11(8-15)10(14)2/h6-7,13H,5,8-9H2,1-4H3. The van der Waals surface area contributed by atoms with Gasteiger partial charge in [-0.1, -0.05) is 18.5 Å². The van der Waals surface area contributed by atoms with Crippen LogP contribution >= 0.6 is 35.0 Å². The lowest BCUT2D eigenvalue weighted by Gasteiger charge is -2.27. The van der Waals surface area contributed by atoms with Crippen LogP contribution in [0.1, 0.15) is 24.5 Å². The Morgan fingerprint density at radius 3 is 2.48 bits per heavy atom. The van der Waals surface area contributed by atoms with Crippen LogP contribution in [0, 0.1) is 6.92 Å². The Morgan fingerprint density at radius 1 is 1.38 bits per heavy atom. The van der Waals surface area contributed by atoms with Gasteiger partial charge in [0.25, 0.3) is 0 Å². The number of rotatable bonds is 7. The lowest BCUT2D eigenvalue weighted by molar-refractivity contribution is 0.385. The molecule has 1 aromatic rings. The van der Waals surface area contributed by atoms with Gasteiger partial charge in [0.15, 0.2) is 0 Å². The highest BCUT2D eigenvalue weighted by atomic mass is 35.5. The molecule has 0 saturated heterocycles. The van der Waals surface area contributed by atoms with Crippen molar-refractivity contribution in [1.29, 1.82) is 0 Å². The van der Waals surface area contributed by atoms with Crippen molar-refractivity contribution in [3.8, 4) is 0 Å². The zero-order chi connectivity index (χ0) is 16.2. The van der Waals surface area contributed by atoms with Crippen LogP contribution in [0.15, 0.2) is 17.0 Å². The summed E-state index contributed by atoms with van der Waals surface area (Å²) in [5.74, 6) is 0.995. The summed E-state index contributed by atoms with van der Waals surface area (Å²) < 4.78 is 27.2. The van der Waals surface area contributed by atoms with Crippen LogP contribution in [-0.4, -0.2) is 37.8 Å². The summed E-state index contributed by atoms with van der Waals surface area (Å²) in [6, 6.07) is 3.18. The van der Waals surface area contributed by atoms with Crippen LogP contribution in [-0.2, 0) is 15.9 Å². The molecule has 0 spiro atoms. The summed E-state index contributed by atoms with van der Waals surface area (Å²) in [5, 5.41) is 0.390. The highest BCUT2D eigenvalue weighted by molar-refractivity contribution is 7.98. The van der Waals surface area contributed by atoms with Crippen molar-refractivity contribution in [1.82, 2.24) is 4.31 Å². The van der Waals surface area contributed by atoms with Crippen LogP contribution < -0.4 is 0 Å². The highest BCUT2D eigenvalue weighted by Crippen LogP contribution is 2.29. The number of alkyl halides is 1. The molecule has 1 aromatic carbocycles. The molecule has 0 aliphatic heterocycles. The molecule has 0 radical (unpaired) electrons. The Morgan fingerprint density at radius 2 is 2.00 bits per heavy atom. The Hall–Kier alpha value is 0.0600. The van der Waals surface area contributed by atoms with Crippen LogP contribution in [0.25, 0.3) is 0 Å². The fourth-order valence-corrected chi connectivity index (χ4v) is 5.38. The molecular weight excluding hydrogens is 349 g/mol. The van der Waals surface area contributed by atoms with E-state index in [-0.39, 0.29) is 16.8 Å². The zero-order valence-corrected chi connectivity index (χ0v) is 15.8. The second-order valence-corrected chi connectivity index (χ2v) is 8.44. The van der Waals surface area contributed by atoms with Gasteiger partial charge in [0.05, 0.1) is 4.90 Å². The second kappa shape index (κ2) is 8.06. The molecule has 1 atom stereocenters. The first-order valence-electron chi connectivity index (χ1n) is 6.61. The summed E-state index contributed by atoms with van der Waals surface area (Å²) in [6.45, 7) is 3.76. The van der Waals surface area contributed by atoms with E-state index in [0.717, 1.165) is 17.7 Å². The van der Waals surface area contributed by atoms with E-state index >= 15 is 0 Å². The van der Waals surface area contributed by atoms with Gasteiger partial charge in [-0.3, -0.25) is 0 Å². The quantitative estimate of drug-likeness (QED) is 0.677. The average molecular weight is 370 g/mol. The monoisotopic (exact) mass is 369 g/mol. The van der Waals surface area contributed by atoms with Gasteiger partial charge in [-0.15, -0.1) is 11.6 Å². The zero-order valence-electron chi connectivity index (χ0n) is 12.7. The lowest BCUT2D eigenvalue weighted by atomic mass is 10.1. The first-order valence-corrected chi connectivity index (χ1v) is 10.4. The summed E-state index contributed by atoms with van der Waals surface area (Å²) in [5.41, 5.74) is 1.41. The van der Waals surface area contributed by atoms with E-state index in [9.17, 15) is 8.42 Å². The maximum atomic E-state index is 12.9. The fraction of sp³-hybridized carbons (Fsp3) is 0.571. The van der Waals surface area contributed by atoms with Crippen LogP contribution in [0.2, 0.25) is 5.02 Å². The lowest BCUT2D eigenvalue weighted by Crippen LogP contribution is -2.38. The van der Waals surface area contributed by atoms with E-state index in [4.69, 9.17) is 23.2 Å². The maximum Gasteiger partial charge on any atom is 0.243 e. The maximum absolute atomic E-state index is 12.9. The molecule has 0 aliphatic rings. The molecule has 0 amide bonds. The molecule has 0 fully saturated rings. The fourth-order valence-electron chi connectivity index (χ4n) is 2.14. The van der Waals surface area contributed by atoms with Crippen molar-refractivity contribution in [2.75, 3.05) is 19.1 Å². The third kappa shape index (κ3) is 4.29. The molecule has 1 unspecified atom stereocenters. The highest BCUT2D eigenvalue weighted by Gasteiger charge is 2.29. The van der Waals surface area contributed by atoms with E-state index in [2.05, 4.69) is 0 Å². The molecule has 0 aromatic heterocycles. The topological polar surface area (TPSA) is 37.4 Å². The van der Waals surface area contributed by atoms with Crippen molar-refractivity contribution < 1.29 is 8.42 Å². The molecule has 0 bridgehead atoms. The van der Waals surface area contributed by atoms with Crippen molar-refractivity contribution in [3.05, 3.63) is 28.3 Å². The smallest absolute Gasteiger partial charge is 0.207 e. The third-order valence-corrected chi connectivity index (χ3v) is 6.84. The van der Waals surface area contributed by atoms with E-state index in [1.807, 2.05) is 13.2 Å². The summed E-state index contributed by atoms with van der Waals surface area (Å²) in [7, 11) is -1.96. The number of hydrogen-bond acceptors (Lipinski definition) is 3. The van der Waals surface area contributed by atoms with Crippen molar-refractivity contribution in [3.63, 3.8) is 0 Å². The van der Waals surface area contributed by atoms with Gasteiger partial charge in [0.1, 0.15) is 0 Å². The number of hydrogen-bond donors (Lipinski definition) is 0. The number of thioether (sulfide) groups is 1. The minimum Gasteiger partial charge on any atom is -0.207 e. The molecular formula is C14H21Cl2NO2S2. The van der Waals surface area contributed by atoms with Crippen molar-refractivity contribution in [2.24, 2.45) is 0 Å². The predicted molar refractivity (Wildman–Crippen MR) is 93.2 cm³/mol. The molecule has 120 valence electrons. The van der Waals surface area contributed by atoms with E-state index in [0.29, 0.717) is 10.6 Å². The first-order chi connectivity index (χ1) is 9.79. The molecule has 0 heterocycles.